The van der Waals surface area contributed by atoms with Gasteiger partial charge >= 0.3 is 5.97 Å². The van der Waals surface area contributed by atoms with Gasteiger partial charge in [0.2, 0.25) is 0 Å². The average molecular weight is 774 g/mol. The van der Waals surface area contributed by atoms with E-state index in [9.17, 15) is 17.8 Å². The first-order chi connectivity index (χ1) is 10.1. The van der Waals surface area contributed by atoms with Crippen LogP contribution in [0.3, 0.4) is 0 Å². The van der Waals surface area contributed by atoms with Crippen LogP contribution in [-0.2, 0) is 14.9 Å². The average Bonchev–Trinajstić information content (AvgIpc) is 2.91. The summed E-state index contributed by atoms with van der Waals surface area (Å²) in [5.74, 6) is -0.684. The molecule has 1 saturated carbocycles. The van der Waals surface area contributed by atoms with Crippen molar-refractivity contribution >= 4 is 106 Å². The lowest BCUT2D eigenvalue weighted by atomic mass is 10.2. The molecule has 0 atom stereocenters. The molecular formula is C12H10I4O5S. The molecule has 2 rings (SSSR count). The van der Waals surface area contributed by atoms with Crippen LogP contribution in [0.1, 0.15) is 36.0 Å². The maximum absolute atomic E-state index is 12.5. The van der Waals surface area contributed by atoms with Gasteiger partial charge in [-0.1, -0.05) is 0 Å². The number of rotatable bonds is 3. The Morgan fingerprint density at radius 2 is 1.50 bits per heavy atom. The summed E-state index contributed by atoms with van der Waals surface area (Å²) in [5.41, 5.74) is -0.0655. The minimum Gasteiger partial charge on any atom is -0.459 e. The van der Waals surface area contributed by atoms with Crippen molar-refractivity contribution in [2.75, 3.05) is 0 Å². The number of carbonyl (C=O) groups is 1. The summed E-state index contributed by atoms with van der Waals surface area (Å²) in [6, 6.07) is 0. The van der Waals surface area contributed by atoms with Gasteiger partial charge in [0, 0.05) is 14.3 Å². The first-order valence-corrected chi connectivity index (χ1v) is 11.9. The van der Waals surface area contributed by atoms with Gasteiger partial charge in [-0.25, -0.2) is 4.79 Å². The third-order valence-electron chi connectivity index (χ3n) is 3.26. The Bertz CT molecular complexity index is 726. The highest BCUT2D eigenvalue weighted by Gasteiger charge is 2.32. The van der Waals surface area contributed by atoms with E-state index in [2.05, 4.69) is 22.6 Å². The molecule has 0 amide bonds. The SMILES string of the molecule is O=C(OC1CCCC1)c1c(I)c(I)c(I)c(I)c1S(=O)(=O)O. The molecule has 122 valence electrons. The fourth-order valence-electron chi connectivity index (χ4n) is 2.25. The van der Waals surface area contributed by atoms with E-state index in [1.165, 1.54) is 0 Å². The molecule has 0 bridgehead atoms. The molecule has 0 unspecified atom stereocenters. The summed E-state index contributed by atoms with van der Waals surface area (Å²) >= 11 is 7.82. The standard InChI is InChI=1S/C12H10I4O5S/c13-7-6(12(17)21-5-3-1-2-4-5)11(22(18,19)20)10(16)9(15)8(7)14/h5H,1-4H2,(H,18,19,20). The van der Waals surface area contributed by atoms with E-state index in [1.807, 2.05) is 67.8 Å². The summed E-state index contributed by atoms with van der Waals surface area (Å²) in [5, 5.41) is 0. The van der Waals surface area contributed by atoms with Gasteiger partial charge in [-0.2, -0.15) is 8.42 Å². The summed E-state index contributed by atoms with van der Waals surface area (Å²) < 4.78 is 40.8. The molecule has 1 aromatic carbocycles. The maximum Gasteiger partial charge on any atom is 0.340 e. The van der Waals surface area contributed by atoms with Gasteiger partial charge in [0.15, 0.2) is 0 Å². The molecule has 0 spiro atoms. The Kier molecular flexibility index (Phi) is 7.05. The predicted molar refractivity (Wildman–Crippen MR) is 115 cm³/mol. The number of benzene rings is 1. The Labute approximate surface area is 183 Å². The van der Waals surface area contributed by atoms with Crippen LogP contribution in [0.15, 0.2) is 4.90 Å². The molecule has 1 N–H and O–H groups in total. The molecule has 0 aromatic heterocycles. The molecule has 0 saturated heterocycles. The Morgan fingerprint density at radius 1 is 1.00 bits per heavy atom. The molecule has 1 fully saturated rings. The zero-order valence-corrected chi connectivity index (χ0v) is 20.4. The van der Waals surface area contributed by atoms with Crippen LogP contribution in [-0.4, -0.2) is 25.0 Å². The van der Waals surface area contributed by atoms with E-state index in [-0.39, 0.29) is 16.6 Å². The van der Waals surface area contributed by atoms with Gasteiger partial charge in [-0.15, -0.1) is 0 Å². The summed E-state index contributed by atoms with van der Waals surface area (Å²) in [4.78, 5) is 12.1. The first kappa shape index (κ1) is 19.8. The highest BCUT2D eigenvalue weighted by molar-refractivity contribution is 14.1. The highest BCUT2D eigenvalue weighted by atomic mass is 127. The van der Waals surface area contributed by atoms with Crippen molar-refractivity contribution in [1.82, 2.24) is 0 Å². The van der Waals surface area contributed by atoms with Crippen LogP contribution >= 0.6 is 90.4 Å². The van der Waals surface area contributed by atoms with Gasteiger partial charge in [-0.3, -0.25) is 4.55 Å². The largest absolute Gasteiger partial charge is 0.459 e. The number of esters is 1. The highest BCUT2D eigenvalue weighted by Crippen LogP contribution is 2.36. The minimum atomic E-state index is -4.53. The Hall–Kier alpha value is 1.52. The zero-order chi connectivity index (χ0) is 16.7. The minimum absolute atomic E-state index is 0.0655. The lowest BCUT2D eigenvalue weighted by Crippen LogP contribution is -2.21. The lowest BCUT2D eigenvalue weighted by molar-refractivity contribution is 0.0311. The third-order valence-corrected chi connectivity index (χ3v) is 12.0. The molecule has 0 aliphatic heterocycles. The molecule has 0 radical (unpaired) electrons. The Morgan fingerprint density at radius 3 is 2.00 bits per heavy atom. The number of halogens is 4. The molecular weight excluding hydrogens is 764 g/mol. The summed E-state index contributed by atoms with van der Waals surface area (Å²) in [7, 11) is -4.53. The van der Waals surface area contributed by atoms with E-state index in [4.69, 9.17) is 4.74 Å². The van der Waals surface area contributed by atoms with Gasteiger partial charge in [0.05, 0.1) is 5.56 Å². The summed E-state index contributed by atoms with van der Waals surface area (Å²) in [6.45, 7) is 0. The molecule has 0 heterocycles. The third kappa shape index (κ3) is 4.19. The van der Waals surface area contributed by atoms with E-state index in [0.29, 0.717) is 10.7 Å². The number of hydrogen-bond donors (Lipinski definition) is 1. The van der Waals surface area contributed by atoms with Gasteiger partial charge in [-0.05, 0) is 116 Å². The van der Waals surface area contributed by atoms with Crippen molar-refractivity contribution in [1.29, 1.82) is 0 Å². The quantitative estimate of drug-likeness (QED) is 0.162. The van der Waals surface area contributed by atoms with Crippen LogP contribution in [0.4, 0.5) is 0 Å². The number of carbonyl (C=O) groups excluding carboxylic acids is 1. The van der Waals surface area contributed by atoms with Crippen LogP contribution in [0.2, 0.25) is 0 Å². The second kappa shape index (κ2) is 7.82. The summed E-state index contributed by atoms with van der Waals surface area (Å²) in [6.07, 6.45) is 3.42. The van der Waals surface area contributed by atoms with Crippen molar-refractivity contribution in [3.8, 4) is 0 Å². The molecule has 1 aromatic rings. The first-order valence-electron chi connectivity index (χ1n) is 6.19. The van der Waals surface area contributed by atoms with Crippen molar-refractivity contribution in [2.24, 2.45) is 0 Å². The van der Waals surface area contributed by atoms with E-state index in [0.717, 1.165) is 29.3 Å². The molecule has 22 heavy (non-hydrogen) atoms. The van der Waals surface area contributed by atoms with Crippen LogP contribution in [0, 0.1) is 14.3 Å². The zero-order valence-electron chi connectivity index (χ0n) is 10.9. The van der Waals surface area contributed by atoms with Gasteiger partial charge in [0.25, 0.3) is 10.1 Å². The van der Waals surface area contributed by atoms with E-state index in [1.54, 1.807) is 0 Å². The number of ether oxygens (including phenoxy) is 1. The van der Waals surface area contributed by atoms with Crippen LogP contribution in [0.5, 0.6) is 0 Å². The normalized spacial score (nSPS) is 16.0. The fraction of sp³-hybridized carbons (Fsp3) is 0.417. The number of hydrogen-bond acceptors (Lipinski definition) is 4. The van der Waals surface area contributed by atoms with Crippen LogP contribution in [0.25, 0.3) is 0 Å². The molecule has 1 aliphatic rings. The predicted octanol–water partition coefficient (Wildman–Crippen LogP) is 4.45. The van der Waals surface area contributed by atoms with Crippen LogP contribution < -0.4 is 0 Å². The molecule has 1 aliphatic carbocycles. The van der Waals surface area contributed by atoms with Crippen molar-refractivity contribution in [3.63, 3.8) is 0 Å². The second-order valence-electron chi connectivity index (χ2n) is 4.75. The van der Waals surface area contributed by atoms with Gasteiger partial charge in [0.1, 0.15) is 11.0 Å². The Balaban J connectivity index is 2.60. The van der Waals surface area contributed by atoms with Crippen molar-refractivity contribution in [2.45, 2.75) is 36.7 Å². The van der Waals surface area contributed by atoms with Crippen molar-refractivity contribution in [3.05, 3.63) is 19.8 Å². The fourth-order valence-corrected chi connectivity index (χ4v) is 7.64. The smallest absolute Gasteiger partial charge is 0.340 e. The van der Waals surface area contributed by atoms with Gasteiger partial charge < -0.3 is 4.74 Å². The van der Waals surface area contributed by atoms with E-state index < -0.39 is 16.1 Å². The molecule has 5 nitrogen and oxygen atoms in total. The lowest BCUT2D eigenvalue weighted by Gasteiger charge is -2.17. The van der Waals surface area contributed by atoms with Crippen molar-refractivity contribution < 1.29 is 22.5 Å². The maximum atomic E-state index is 12.5. The second-order valence-corrected chi connectivity index (χ2v) is 10.4. The topological polar surface area (TPSA) is 80.7 Å². The molecule has 10 heteroatoms. The monoisotopic (exact) mass is 774 g/mol. The van der Waals surface area contributed by atoms with E-state index >= 15 is 0 Å².